The Morgan fingerprint density at radius 1 is 1.16 bits per heavy atom. The van der Waals surface area contributed by atoms with E-state index in [0.717, 1.165) is 18.8 Å². The number of hydrogen-bond donors (Lipinski definition) is 2. The molecule has 0 radical (unpaired) electrons. The van der Waals surface area contributed by atoms with Crippen molar-refractivity contribution in [1.29, 1.82) is 0 Å². The molecule has 1 aliphatic rings. The van der Waals surface area contributed by atoms with Gasteiger partial charge in [-0.15, -0.1) is 0 Å². The van der Waals surface area contributed by atoms with Crippen LogP contribution in [0, 0.1) is 0 Å². The van der Waals surface area contributed by atoms with Crippen molar-refractivity contribution in [2.24, 2.45) is 21.5 Å². The standard InChI is InChI=1S/C13H17N5O/c1-19-11-6-4-10(5-7-11)16-12(14)17-13(15)18-8-2-3-9-18/h2-7H,8-9H2,1H3,(H4,14,15,16,17). The number of benzene rings is 1. The second-order valence-electron chi connectivity index (χ2n) is 4.01. The number of hydrogen-bond acceptors (Lipinski definition) is 2. The van der Waals surface area contributed by atoms with Crippen LogP contribution in [0.15, 0.2) is 46.4 Å². The fraction of sp³-hybridized carbons (Fsp3) is 0.231. The lowest BCUT2D eigenvalue weighted by Crippen LogP contribution is -2.36. The van der Waals surface area contributed by atoms with E-state index in [1.807, 2.05) is 29.2 Å². The normalized spacial score (nSPS) is 15.9. The average molecular weight is 259 g/mol. The van der Waals surface area contributed by atoms with Crippen LogP contribution in [0.1, 0.15) is 0 Å². The molecular formula is C13H17N5O. The van der Waals surface area contributed by atoms with Crippen molar-refractivity contribution in [3.05, 3.63) is 36.4 Å². The van der Waals surface area contributed by atoms with E-state index < -0.39 is 0 Å². The molecule has 4 N–H and O–H groups in total. The van der Waals surface area contributed by atoms with Crippen LogP contribution in [0.25, 0.3) is 0 Å². The molecule has 0 spiro atoms. The lowest BCUT2D eigenvalue weighted by molar-refractivity contribution is 0.415. The van der Waals surface area contributed by atoms with Gasteiger partial charge in [-0.05, 0) is 24.3 Å². The first-order valence-electron chi connectivity index (χ1n) is 5.91. The predicted octanol–water partition coefficient (Wildman–Crippen LogP) is 0.828. The summed E-state index contributed by atoms with van der Waals surface area (Å²) in [5, 5.41) is 0. The van der Waals surface area contributed by atoms with Crippen LogP contribution in [0.2, 0.25) is 0 Å². The van der Waals surface area contributed by atoms with E-state index >= 15 is 0 Å². The fourth-order valence-corrected chi connectivity index (χ4v) is 1.67. The van der Waals surface area contributed by atoms with E-state index in [0.29, 0.717) is 11.6 Å². The van der Waals surface area contributed by atoms with Gasteiger partial charge in [-0.2, -0.15) is 4.99 Å². The molecule has 0 amide bonds. The Kier molecular flexibility index (Phi) is 4.02. The molecule has 2 rings (SSSR count). The first-order chi connectivity index (χ1) is 9.19. The van der Waals surface area contributed by atoms with Crippen molar-refractivity contribution in [1.82, 2.24) is 4.90 Å². The van der Waals surface area contributed by atoms with Crippen LogP contribution >= 0.6 is 0 Å². The monoisotopic (exact) mass is 259 g/mol. The summed E-state index contributed by atoms with van der Waals surface area (Å²) < 4.78 is 5.07. The van der Waals surface area contributed by atoms with E-state index in [2.05, 4.69) is 9.98 Å². The molecule has 0 unspecified atom stereocenters. The van der Waals surface area contributed by atoms with Gasteiger partial charge in [-0.1, -0.05) is 12.2 Å². The lowest BCUT2D eigenvalue weighted by Gasteiger charge is -2.15. The summed E-state index contributed by atoms with van der Waals surface area (Å²) in [6.07, 6.45) is 4.05. The summed E-state index contributed by atoms with van der Waals surface area (Å²) in [5.74, 6) is 1.28. The summed E-state index contributed by atoms with van der Waals surface area (Å²) in [6.45, 7) is 1.51. The van der Waals surface area contributed by atoms with Crippen LogP contribution in [0.4, 0.5) is 5.69 Å². The van der Waals surface area contributed by atoms with Gasteiger partial charge in [-0.3, -0.25) is 0 Å². The zero-order valence-electron chi connectivity index (χ0n) is 10.8. The molecule has 1 aromatic carbocycles. The third kappa shape index (κ3) is 3.48. The van der Waals surface area contributed by atoms with Gasteiger partial charge in [0.2, 0.25) is 5.96 Å². The maximum absolute atomic E-state index is 5.83. The van der Waals surface area contributed by atoms with Crippen molar-refractivity contribution < 1.29 is 4.74 Å². The van der Waals surface area contributed by atoms with E-state index in [9.17, 15) is 0 Å². The van der Waals surface area contributed by atoms with E-state index in [-0.39, 0.29) is 5.96 Å². The molecule has 100 valence electrons. The van der Waals surface area contributed by atoms with E-state index in [4.69, 9.17) is 16.2 Å². The van der Waals surface area contributed by atoms with Crippen LogP contribution < -0.4 is 16.2 Å². The SMILES string of the molecule is COc1ccc(N=C(N)/N=C(\N)N2CC=CC2)cc1. The molecular weight excluding hydrogens is 242 g/mol. The minimum absolute atomic E-state index is 0.134. The summed E-state index contributed by atoms with van der Waals surface area (Å²) in [5.41, 5.74) is 12.3. The van der Waals surface area contributed by atoms with Crippen molar-refractivity contribution >= 4 is 17.6 Å². The number of methoxy groups -OCH3 is 1. The smallest absolute Gasteiger partial charge is 0.223 e. The van der Waals surface area contributed by atoms with Crippen molar-refractivity contribution in [2.75, 3.05) is 20.2 Å². The van der Waals surface area contributed by atoms with Crippen LogP contribution in [0.5, 0.6) is 5.75 Å². The predicted molar refractivity (Wildman–Crippen MR) is 76.6 cm³/mol. The Bertz CT molecular complexity index is 510. The van der Waals surface area contributed by atoms with Crippen molar-refractivity contribution in [3.63, 3.8) is 0 Å². The lowest BCUT2D eigenvalue weighted by atomic mass is 10.3. The van der Waals surface area contributed by atoms with E-state index in [1.165, 1.54) is 0 Å². The van der Waals surface area contributed by atoms with Crippen molar-refractivity contribution in [2.45, 2.75) is 0 Å². The first-order valence-corrected chi connectivity index (χ1v) is 5.91. The molecule has 19 heavy (non-hydrogen) atoms. The molecule has 0 fully saturated rings. The number of nitrogens with zero attached hydrogens (tertiary/aromatic N) is 3. The van der Waals surface area contributed by atoms with Gasteiger partial charge in [0.1, 0.15) is 5.75 Å². The Morgan fingerprint density at radius 2 is 1.79 bits per heavy atom. The summed E-state index contributed by atoms with van der Waals surface area (Å²) in [4.78, 5) is 10.1. The average Bonchev–Trinajstić information content (AvgIpc) is 2.93. The van der Waals surface area contributed by atoms with Crippen LogP contribution in [-0.4, -0.2) is 37.0 Å². The van der Waals surface area contributed by atoms with Gasteiger partial charge in [0, 0.05) is 13.1 Å². The van der Waals surface area contributed by atoms with Gasteiger partial charge in [0.15, 0.2) is 5.96 Å². The Morgan fingerprint density at radius 3 is 2.37 bits per heavy atom. The summed E-state index contributed by atoms with van der Waals surface area (Å²) >= 11 is 0. The topological polar surface area (TPSA) is 89.2 Å². The van der Waals surface area contributed by atoms with Gasteiger partial charge >= 0.3 is 0 Å². The highest BCUT2D eigenvalue weighted by Crippen LogP contribution is 2.17. The minimum Gasteiger partial charge on any atom is -0.497 e. The summed E-state index contributed by atoms with van der Waals surface area (Å²) in [7, 11) is 1.61. The zero-order valence-corrected chi connectivity index (χ0v) is 10.8. The van der Waals surface area contributed by atoms with Gasteiger partial charge in [-0.25, -0.2) is 4.99 Å². The number of guanidine groups is 2. The zero-order chi connectivity index (χ0) is 13.7. The number of rotatable bonds is 2. The fourth-order valence-electron chi connectivity index (χ4n) is 1.67. The molecule has 0 atom stereocenters. The largest absolute Gasteiger partial charge is 0.497 e. The quantitative estimate of drug-likeness (QED) is 0.467. The van der Waals surface area contributed by atoms with Crippen LogP contribution in [0.3, 0.4) is 0 Å². The Balaban J connectivity index is 2.06. The third-order valence-corrected chi connectivity index (χ3v) is 2.69. The van der Waals surface area contributed by atoms with E-state index in [1.54, 1.807) is 19.2 Å². The molecule has 6 nitrogen and oxygen atoms in total. The molecule has 0 aliphatic carbocycles. The molecule has 0 saturated carbocycles. The molecule has 0 saturated heterocycles. The second-order valence-corrected chi connectivity index (χ2v) is 4.01. The van der Waals surface area contributed by atoms with Crippen LogP contribution in [-0.2, 0) is 0 Å². The maximum Gasteiger partial charge on any atom is 0.223 e. The minimum atomic E-state index is 0.134. The number of nitrogens with two attached hydrogens (primary N) is 2. The second kappa shape index (κ2) is 5.90. The molecule has 0 aromatic heterocycles. The Labute approximate surface area is 112 Å². The Hall–Kier alpha value is -2.50. The number of aliphatic imine (C=N–C) groups is 2. The highest BCUT2D eigenvalue weighted by molar-refractivity contribution is 5.94. The molecule has 1 aromatic rings. The molecule has 6 heteroatoms. The highest BCUT2D eigenvalue weighted by atomic mass is 16.5. The van der Waals surface area contributed by atoms with Gasteiger partial charge < -0.3 is 21.1 Å². The molecule has 1 aliphatic heterocycles. The number of ether oxygens (including phenoxy) is 1. The van der Waals surface area contributed by atoms with Gasteiger partial charge in [0.25, 0.3) is 0 Å². The molecule has 0 bridgehead atoms. The highest BCUT2D eigenvalue weighted by Gasteiger charge is 2.08. The summed E-state index contributed by atoms with van der Waals surface area (Å²) in [6, 6.07) is 7.22. The first kappa shape index (κ1) is 12.9. The van der Waals surface area contributed by atoms with Crippen molar-refractivity contribution in [3.8, 4) is 5.75 Å². The van der Waals surface area contributed by atoms with Gasteiger partial charge in [0.05, 0.1) is 12.8 Å². The maximum atomic E-state index is 5.83. The molecule has 1 heterocycles. The third-order valence-electron chi connectivity index (χ3n) is 2.69.